The van der Waals surface area contributed by atoms with Gasteiger partial charge in [-0.1, -0.05) is 32.9 Å². The van der Waals surface area contributed by atoms with Crippen LogP contribution in [0.3, 0.4) is 0 Å². The van der Waals surface area contributed by atoms with E-state index in [1.807, 2.05) is 13.0 Å². The van der Waals surface area contributed by atoms with Gasteiger partial charge in [-0.3, -0.25) is 0 Å². The van der Waals surface area contributed by atoms with Crippen LogP contribution in [0.4, 0.5) is 0 Å². The molecule has 0 radical (unpaired) electrons. The number of ether oxygens (including phenoxy) is 1. The lowest BCUT2D eigenvalue weighted by molar-refractivity contribution is 0.313. The minimum absolute atomic E-state index is 0.135. The molecule has 0 saturated carbocycles. The van der Waals surface area contributed by atoms with Crippen LogP contribution in [-0.4, -0.2) is 40.1 Å². The van der Waals surface area contributed by atoms with E-state index < -0.39 is 9.84 Å². The Labute approximate surface area is 128 Å². The second-order valence-corrected chi connectivity index (χ2v) is 8.72. The zero-order chi connectivity index (χ0) is 16.1. The monoisotopic (exact) mass is 313 g/mol. The molecular weight excluding hydrogens is 286 g/mol. The van der Waals surface area contributed by atoms with E-state index in [-0.39, 0.29) is 11.2 Å². The van der Waals surface area contributed by atoms with Gasteiger partial charge in [-0.15, -0.1) is 0 Å². The second kappa shape index (κ2) is 7.27. The number of nitrogens with one attached hydrogen (secondary N) is 1. The number of hydrogen-bond acceptors (Lipinski definition) is 4. The van der Waals surface area contributed by atoms with Crippen LogP contribution in [0, 0.1) is 6.92 Å². The van der Waals surface area contributed by atoms with Crippen molar-refractivity contribution in [2.45, 2.75) is 33.1 Å². The van der Waals surface area contributed by atoms with Crippen molar-refractivity contribution in [1.82, 2.24) is 5.32 Å². The largest absolute Gasteiger partial charge is 0.492 e. The summed E-state index contributed by atoms with van der Waals surface area (Å²) in [6, 6.07) is 6.26. The second-order valence-electron chi connectivity index (χ2n) is 6.46. The number of sulfone groups is 1. The maximum absolute atomic E-state index is 11.0. The van der Waals surface area contributed by atoms with Gasteiger partial charge in [0.25, 0.3) is 0 Å². The van der Waals surface area contributed by atoms with Crippen LogP contribution in [0.5, 0.6) is 5.75 Å². The molecule has 1 rings (SSSR count). The summed E-state index contributed by atoms with van der Waals surface area (Å²) in [4.78, 5) is 0. The SMILES string of the molecule is Cc1cc(C(C)(C)C)ccc1OCCNCCS(C)(=O)=O. The van der Waals surface area contributed by atoms with E-state index in [4.69, 9.17) is 4.74 Å². The van der Waals surface area contributed by atoms with E-state index in [0.717, 1.165) is 11.3 Å². The Balaban J connectivity index is 2.40. The number of benzene rings is 1. The first-order valence-corrected chi connectivity index (χ1v) is 9.28. The first-order valence-electron chi connectivity index (χ1n) is 7.22. The molecule has 5 heteroatoms. The molecular formula is C16H27NO3S. The van der Waals surface area contributed by atoms with Gasteiger partial charge in [0.15, 0.2) is 0 Å². The Kier molecular flexibility index (Phi) is 6.23. The van der Waals surface area contributed by atoms with Crippen LogP contribution in [0.1, 0.15) is 31.9 Å². The molecule has 0 fully saturated rings. The van der Waals surface area contributed by atoms with Gasteiger partial charge in [-0.2, -0.15) is 0 Å². The predicted octanol–water partition coefficient (Wildman–Crippen LogP) is 2.31. The van der Waals surface area contributed by atoms with Crippen molar-refractivity contribution in [3.05, 3.63) is 29.3 Å². The summed E-state index contributed by atoms with van der Waals surface area (Å²) in [5.41, 5.74) is 2.55. The predicted molar refractivity (Wildman–Crippen MR) is 88.0 cm³/mol. The molecule has 0 bridgehead atoms. The first kappa shape index (κ1) is 18.0. The summed E-state index contributed by atoms with van der Waals surface area (Å²) >= 11 is 0. The summed E-state index contributed by atoms with van der Waals surface area (Å²) in [6.45, 7) is 10.2. The van der Waals surface area contributed by atoms with Crippen molar-refractivity contribution in [1.29, 1.82) is 0 Å². The molecule has 0 atom stereocenters. The van der Waals surface area contributed by atoms with E-state index in [2.05, 4.69) is 38.2 Å². The van der Waals surface area contributed by atoms with Gasteiger partial charge in [0.2, 0.25) is 0 Å². The van der Waals surface area contributed by atoms with Crippen molar-refractivity contribution in [3.8, 4) is 5.75 Å². The topological polar surface area (TPSA) is 55.4 Å². The third-order valence-corrected chi connectivity index (χ3v) is 4.17. The van der Waals surface area contributed by atoms with Crippen molar-refractivity contribution < 1.29 is 13.2 Å². The normalized spacial score (nSPS) is 12.4. The van der Waals surface area contributed by atoms with Gasteiger partial charge in [-0.05, 0) is 29.5 Å². The van der Waals surface area contributed by atoms with Gasteiger partial charge < -0.3 is 10.1 Å². The highest BCUT2D eigenvalue weighted by Gasteiger charge is 2.14. The third-order valence-electron chi connectivity index (χ3n) is 3.23. The Morgan fingerprint density at radius 1 is 1.19 bits per heavy atom. The van der Waals surface area contributed by atoms with Crippen LogP contribution in [0.25, 0.3) is 0 Å². The molecule has 120 valence electrons. The zero-order valence-corrected chi connectivity index (χ0v) is 14.5. The van der Waals surface area contributed by atoms with E-state index in [0.29, 0.717) is 19.7 Å². The molecule has 0 aliphatic carbocycles. The number of aryl methyl sites for hydroxylation is 1. The quantitative estimate of drug-likeness (QED) is 0.785. The standard InChI is InChI=1S/C16H27NO3S/c1-13-12-14(16(2,3)4)6-7-15(13)20-10-8-17-9-11-21(5,18)19/h6-7,12,17H,8-11H2,1-5H3. The molecule has 1 aromatic rings. The Hall–Kier alpha value is -1.07. The average Bonchev–Trinajstić information content (AvgIpc) is 2.32. The third kappa shape index (κ3) is 6.96. The minimum atomic E-state index is -2.89. The van der Waals surface area contributed by atoms with Crippen LogP contribution in [0.15, 0.2) is 18.2 Å². The van der Waals surface area contributed by atoms with Gasteiger partial charge in [0.05, 0.1) is 5.75 Å². The maximum Gasteiger partial charge on any atom is 0.148 e. The molecule has 0 spiro atoms. The molecule has 0 aliphatic rings. The summed E-state index contributed by atoms with van der Waals surface area (Å²) in [7, 11) is -2.89. The molecule has 1 N–H and O–H groups in total. The molecule has 0 saturated heterocycles. The fourth-order valence-electron chi connectivity index (χ4n) is 1.89. The molecule has 21 heavy (non-hydrogen) atoms. The first-order chi connectivity index (χ1) is 9.59. The lowest BCUT2D eigenvalue weighted by atomic mass is 9.86. The van der Waals surface area contributed by atoms with E-state index in [9.17, 15) is 8.42 Å². The lowest BCUT2D eigenvalue weighted by Crippen LogP contribution is -2.26. The molecule has 0 heterocycles. The number of hydrogen-bond donors (Lipinski definition) is 1. The van der Waals surface area contributed by atoms with Crippen LogP contribution >= 0.6 is 0 Å². The van der Waals surface area contributed by atoms with Crippen LogP contribution in [-0.2, 0) is 15.3 Å². The summed E-state index contributed by atoms with van der Waals surface area (Å²) in [5.74, 6) is 1.04. The van der Waals surface area contributed by atoms with Gasteiger partial charge in [-0.25, -0.2) is 8.42 Å². The van der Waals surface area contributed by atoms with E-state index >= 15 is 0 Å². The van der Waals surface area contributed by atoms with Gasteiger partial charge in [0, 0.05) is 19.3 Å². The van der Waals surface area contributed by atoms with Crippen molar-refractivity contribution in [2.24, 2.45) is 0 Å². The Morgan fingerprint density at radius 2 is 1.86 bits per heavy atom. The van der Waals surface area contributed by atoms with Gasteiger partial charge in [0.1, 0.15) is 22.2 Å². The Morgan fingerprint density at radius 3 is 2.38 bits per heavy atom. The lowest BCUT2D eigenvalue weighted by Gasteiger charge is -2.20. The minimum Gasteiger partial charge on any atom is -0.492 e. The highest BCUT2D eigenvalue weighted by molar-refractivity contribution is 7.90. The average molecular weight is 313 g/mol. The van der Waals surface area contributed by atoms with Crippen LogP contribution < -0.4 is 10.1 Å². The molecule has 0 aromatic heterocycles. The van der Waals surface area contributed by atoms with Gasteiger partial charge >= 0.3 is 0 Å². The van der Waals surface area contributed by atoms with Crippen molar-refractivity contribution in [3.63, 3.8) is 0 Å². The summed E-state index contributed by atoms with van der Waals surface area (Å²) in [5, 5.41) is 3.06. The van der Waals surface area contributed by atoms with Crippen LogP contribution in [0.2, 0.25) is 0 Å². The molecule has 1 aromatic carbocycles. The molecule has 4 nitrogen and oxygen atoms in total. The molecule has 0 amide bonds. The van der Waals surface area contributed by atoms with Crippen molar-refractivity contribution >= 4 is 9.84 Å². The Bertz CT molecular complexity index is 559. The van der Waals surface area contributed by atoms with E-state index in [1.54, 1.807) is 0 Å². The summed E-state index contributed by atoms with van der Waals surface area (Å²) < 4.78 is 27.7. The molecule has 0 aliphatic heterocycles. The molecule has 0 unspecified atom stereocenters. The number of rotatable bonds is 7. The van der Waals surface area contributed by atoms with Crippen molar-refractivity contribution in [2.75, 3.05) is 31.7 Å². The highest BCUT2D eigenvalue weighted by Crippen LogP contribution is 2.27. The fraction of sp³-hybridized carbons (Fsp3) is 0.625. The smallest absolute Gasteiger partial charge is 0.148 e. The fourth-order valence-corrected chi connectivity index (χ4v) is 2.41. The maximum atomic E-state index is 11.0. The summed E-state index contributed by atoms with van der Waals surface area (Å²) in [6.07, 6.45) is 1.24. The highest BCUT2D eigenvalue weighted by atomic mass is 32.2. The van der Waals surface area contributed by atoms with E-state index in [1.165, 1.54) is 11.8 Å². The zero-order valence-electron chi connectivity index (χ0n) is 13.7.